The van der Waals surface area contributed by atoms with E-state index >= 15 is 0 Å². The molecule has 12 heteroatoms. The molecule has 1 aliphatic heterocycles. The molecule has 1 aliphatic rings. The van der Waals surface area contributed by atoms with Gasteiger partial charge in [-0.15, -0.1) is 0 Å². The summed E-state index contributed by atoms with van der Waals surface area (Å²) in [5, 5.41) is 3.38. The highest BCUT2D eigenvalue weighted by Crippen LogP contribution is 2.29. The van der Waals surface area contributed by atoms with E-state index in [1.54, 1.807) is 0 Å². The minimum atomic E-state index is -1.40. The predicted molar refractivity (Wildman–Crippen MR) is 81.1 cm³/mol. The SMILES string of the molecule is CC(=O)OC[C@H]1OC(N=[N+]=[N-])[C@@H](OC(C)=O)[C@@H](OC(C)=O)[C@@H]1OC(C)=O. The quantitative estimate of drug-likeness (QED) is 0.210. The maximum atomic E-state index is 11.5. The van der Waals surface area contributed by atoms with Crippen LogP contribution in [-0.4, -0.2) is 61.1 Å². The number of esters is 4. The average molecular weight is 373 g/mol. The van der Waals surface area contributed by atoms with Crippen molar-refractivity contribution in [3.05, 3.63) is 10.4 Å². The lowest BCUT2D eigenvalue weighted by Crippen LogP contribution is -2.61. The minimum Gasteiger partial charge on any atom is -0.463 e. The number of nitrogens with zero attached hydrogens (tertiary/aromatic N) is 3. The van der Waals surface area contributed by atoms with E-state index in [1.165, 1.54) is 0 Å². The zero-order chi connectivity index (χ0) is 19.9. The third-order valence-electron chi connectivity index (χ3n) is 3.13. The van der Waals surface area contributed by atoms with Crippen molar-refractivity contribution in [2.75, 3.05) is 6.61 Å². The van der Waals surface area contributed by atoms with E-state index in [1.807, 2.05) is 0 Å². The van der Waals surface area contributed by atoms with Crippen molar-refractivity contribution >= 4 is 23.9 Å². The van der Waals surface area contributed by atoms with Gasteiger partial charge in [0.25, 0.3) is 0 Å². The van der Waals surface area contributed by atoms with E-state index in [4.69, 9.17) is 29.2 Å². The van der Waals surface area contributed by atoms with Crippen molar-refractivity contribution in [3.8, 4) is 0 Å². The van der Waals surface area contributed by atoms with E-state index in [2.05, 4.69) is 10.0 Å². The molecule has 0 aromatic heterocycles. The van der Waals surface area contributed by atoms with Gasteiger partial charge in [0.05, 0.1) is 0 Å². The molecule has 1 fully saturated rings. The molecule has 0 N–H and O–H groups in total. The van der Waals surface area contributed by atoms with Gasteiger partial charge in [-0.1, -0.05) is 5.11 Å². The molecule has 1 unspecified atom stereocenters. The van der Waals surface area contributed by atoms with Crippen LogP contribution in [0.2, 0.25) is 0 Å². The molecule has 0 aromatic rings. The zero-order valence-electron chi connectivity index (χ0n) is 14.6. The van der Waals surface area contributed by atoms with Crippen LogP contribution in [-0.2, 0) is 42.9 Å². The van der Waals surface area contributed by atoms with Crippen molar-refractivity contribution in [3.63, 3.8) is 0 Å². The van der Waals surface area contributed by atoms with E-state index in [9.17, 15) is 19.2 Å². The van der Waals surface area contributed by atoms with E-state index in [0.717, 1.165) is 27.7 Å². The van der Waals surface area contributed by atoms with Crippen molar-refractivity contribution < 1.29 is 42.9 Å². The summed E-state index contributed by atoms with van der Waals surface area (Å²) in [4.78, 5) is 48.0. The summed E-state index contributed by atoms with van der Waals surface area (Å²) < 4.78 is 25.6. The number of hydrogen-bond donors (Lipinski definition) is 0. The molecule has 0 radical (unpaired) electrons. The fourth-order valence-corrected chi connectivity index (χ4v) is 2.35. The van der Waals surface area contributed by atoms with Gasteiger partial charge in [-0.05, 0) is 5.53 Å². The van der Waals surface area contributed by atoms with Crippen LogP contribution in [0.5, 0.6) is 0 Å². The molecule has 0 saturated carbocycles. The van der Waals surface area contributed by atoms with Crippen molar-refractivity contribution in [2.45, 2.75) is 58.3 Å². The van der Waals surface area contributed by atoms with Gasteiger partial charge in [-0.3, -0.25) is 19.2 Å². The number of azide groups is 1. The fraction of sp³-hybridized carbons (Fsp3) is 0.714. The van der Waals surface area contributed by atoms with Crippen molar-refractivity contribution in [2.24, 2.45) is 5.11 Å². The lowest BCUT2D eigenvalue weighted by Gasteiger charge is -2.43. The number of rotatable bonds is 6. The number of carbonyl (C=O) groups excluding carboxylic acids is 4. The largest absolute Gasteiger partial charge is 0.463 e. The highest BCUT2D eigenvalue weighted by molar-refractivity contribution is 5.68. The lowest BCUT2D eigenvalue weighted by atomic mass is 9.97. The first-order valence-electron chi connectivity index (χ1n) is 7.50. The normalized spacial score (nSPS) is 27.5. The Balaban J connectivity index is 3.28. The predicted octanol–water partition coefficient (Wildman–Crippen LogP) is 0.380. The third-order valence-corrected chi connectivity index (χ3v) is 3.13. The second kappa shape index (κ2) is 9.59. The second-order valence-corrected chi connectivity index (χ2v) is 5.29. The van der Waals surface area contributed by atoms with E-state index in [-0.39, 0.29) is 6.61 Å². The maximum absolute atomic E-state index is 11.5. The van der Waals surface area contributed by atoms with Crippen LogP contribution in [0.25, 0.3) is 10.4 Å². The third kappa shape index (κ3) is 6.22. The van der Waals surface area contributed by atoms with Gasteiger partial charge < -0.3 is 23.7 Å². The first-order valence-corrected chi connectivity index (χ1v) is 7.50. The molecule has 5 atom stereocenters. The molecule has 26 heavy (non-hydrogen) atoms. The number of carbonyl (C=O) groups is 4. The molecule has 1 rings (SSSR count). The van der Waals surface area contributed by atoms with Crippen LogP contribution in [0.1, 0.15) is 27.7 Å². The highest BCUT2D eigenvalue weighted by Gasteiger charge is 2.51. The van der Waals surface area contributed by atoms with Crippen molar-refractivity contribution in [1.29, 1.82) is 0 Å². The molecule has 1 heterocycles. The van der Waals surface area contributed by atoms with Crippen LogP contribution in [0, 0.1) is 0 Å². The average Bonchev–Trinajstić information content (AvgIpc) is 2.50. The van der Waals surface area contributed by atoms with Gasteiger partial charge in [-0.25, -0.2) is 0 Å². The Morgan fingerprint density at radius 2 is 1.38 bits per heavy atom. The Bertz CT molecular complexity index is 617. The molecular formula is C14H19N3O9. The van der Waals surface area contributed by atoms with Gasteiger partial charge in [0.2, 0.25) is 0 Å². The Labute approximate surface area is 148 Å². The fourth-order valence-electron chi connectivity index (χ4n) is 2.35. The molecule has 144 valence electrons. The Morgan fingerprint density at radius 3 is 1.85 bits per heavy atom. The summed E-state index contributed by atoms with van der Waals surface area (Å²) in [6.45, 7) is 4.06. The number of ether oxygens (including phenoxy) is 5. The monoisotopic (exact) mass is 373 g/mol. The molecule has 1 saturated heterocycles. The Kier molecular flexibility index (Phi) is 7.81. The molecule has 12 nitrogen and oxygen atoms in total. The first-order chi connectivity index (χ1) is 12.1. The molecule has 0 aliphatic carbocycles. The second-order valence-electron chi connectivity index (χ2n) is 5.29. The topological polar surface area (TPSA) is 163 Å². The van der Waals surface area contributed by atoms with E-state index in [0.29, 0.717) is 0 Å². The van der Waals surface area contributed by atoms with Gasteiger partial charge in [0.15, 0.2) is 24.5 Å². The summed E-state index contributed by atoms with van der Waals surface area (Å²) in [5.41, 5.74) is 8.71. The lowest BCUT2D eigenvalue weighted by molar-refractivity contribution is -0.251. The maximum Gasteiger partial charge on any atom is 0.303 e. The molecular weight excluding hydrogens is 354 g/mol. The molecule has 0 amide bonds. The smallest absolute Gasteiger partial charge is 0.303 e. The molecule has 0 spiro atoms. The first kappa shape index (κ1) is 21.2. The van der Waals surface area contributed by atoms with Gasteiger partial charge in [-0.2, -0.15) is 0 Å². The molecule has 0 aromatic carbocycles. The number of hydrogen-bond acceptors (Lipinski definition) is 10. The van der Waals surface area contributed by atoms with Crippen LogP contribution >= 0.6 is 0 Å². The van der Waals surface area contributed by atoms with Gasteiger partial charge in [0.1, 0.15) is 12.7 Å². The van der Waals surface area contributed by atoms with Gasteiger partial charge >= 0.3 is 23.9 Å². The summed E-state index contributed by atoms with van der Waals surface area (Å²) in [6.07, 6.45) is -6.52. The summed E-state index contributed by atoms with van der Waals surface area (Å²) >= 11 is 0. The standard InChI is InChI=1S/C14H19N3O9/c1-6(18)22-5-10-11(23-7(2)19)12(24-8(3)20)13(25-9(4)21)14(26-10)16-17-15/h10-14H,5H2,1-4H3/t10-,11-,12+,13+,14?/m1/s1. The Morgan fingerprint density at radius 1 is 0.885 bits per heavy atom. The van der Waals surface area contributed by atoms with Crippen LogP contribution in [0.4, 0.5) is 0 Å². The van der Waals surface area contributed by atoms with Crippen LogP contribution in [0.3, 0.4) is 0 Å². The van der Waals surface area contributed by atoms with E-state index < -0.39 is 54.5 Å². The summed E-state index contributed by atoms with van der Waals surface area (Å²) in [7, 11) is 0. The van der Waals surface area contributed by atoms with Crippen molar-refractivity contribution in [1.82, 2.24) is 0 Å². The van der Waals surface area contributed by atoms with Crippen LogP contribution in [0.15, 0.2) is 5.11 Å². The summed E-state index contributed by atoms with van der Waals surface area (Å²) in [6, 6.07) is 0. The van der Waals surface area contributed by atoms with Crippen LogP contribution < -0.4 is 0 Å². The summed E-state index contributed by atoms with van der Waals surface area (Å²) in [5.74, 6) is -2.92. The Hall–Kier alpha value is -2.85. The van der Waals surface area contributed by atoms with Gasteiger partial charge in [0, 0.05) is 32.6 Å². The molecule has 0 bridgehead atoms. The zero-order valence-corrected chi connectivity index (χ0v) is 14.6. The minimum absolute atomic E-state index is 0.380. The highest BCUT2D eigenvalue weighted by atomic mass is 16.7.